The molecule has 1 rings (SSSR count). The molecule has 5 heteroatoms. The number of hydrogen-bond donors (Lipinski definition) is 2. The Bertz CT molecular complexity index is 393. The van der Waals surface area contributed by atoms with Crippen molar-refractivity contribution >= 4 is 29.2 Å². The average Bonchev–Trinajstić information content (AvgIpc) is 2.24. The molecular formula is C11H12Cl2O3. The summed E-state index contributed by atoms with van der Waals surface area (Å²) >= 11 is 11.6. The largest absolute Gasteiger partial charge is 0.479 e. The van der Waals surface area contributed by atoms with Crippen molar-refractivity contribution in [3.63, 3.8) is 0 Å². The van der Waals surface area contributed by atoms with E-state index in [0.29, 0.717) is 22.0 Å². The smallest absolute Gasteiger partial charge is 0.333 e. The van der Waals surface area contributed by atoms with Crippen molar-refractivity contribution < 1.29 is 15.0 Å². The quantitative estimate of drug-likeness (QED) is 0.878. The second-order valence-electron chi connectivity index (χ2n) is 3.47. The number of rotatable bonds is 4. The molecule has 0 fully saturated rings. The van der Waals surface area contributed by atoms with Gasteiger partial charge in [0.15, 0.2) is 6.10 Å². The van der Waals surface area contributed by atoms with Crippen LogP contribution in [0.1, 0.15) is 24.8 Å². The molecule has 0 saturated carbocycles. The SMILES string of the molecule is CCC(c1ccc(Cl)c(Cl)c1)C(O)C(=O)O. The molecule has 0 aliphatic rings. The highest BCUT2D eigenvalue weighted by molar-refractivity contribution is 6.42. The number of aliphatic hydroxyl groups excluding tert-OH is 1. The van der Waals surface area contributed by atoms with Gasteiger partial charge in [-0.1, -0.05) is 36.2 Å². The number of aliphatic carboxylic acids is 1. The summed E-state index contributed by atoms with van der Waals surface area (Å²) in [5.41, 5.74) is 0.673. The molecule has 0 aliphatic carbocycles. The Labute approximate surface area is 104 Å². The summed E-state index contributed by atoms with van der Waals surface area (Å²) in [6.07, 6.45) is -0.923. The van der Waals surface area contributed by atoms with E-state index in [9.17, 15) is 9.90 Å². The summed E-state index contributed by atoms with van der Waals surface area (Å²) in [5, 5.41) is 19.0. The minimum Gasteiger partial charge on any atom is -0.479 e. The molecule has 1 aromatic carbocycles. The number of carboxylic acid groups (broad SMARTS) is 1. The second-order valence-corrected chi connectivity index (χ2v) is 4.29. The predicted molar refractivity (Wildman–Crippen MR) is 63.1 cm³/mol. The zero-order valence-corrected chi connectivity index (χ0v) is 10.2. The Hall–Kier alpha value is -0.770. The van der Waals surface area contributed by atoms with Crippen LogP contribution in [-0.4, -0.2) is 22.3 Å². The van der Waals surface area contributed by atoms with E-state index >= 15 is 0 Å². The summed E-state index contributed by atoms with van der Waals surface area (Å²) in [6, 6.07) is 4.86. The van der Waals surface area contributed by atoms with Crippen molar-refractivity contribution in [1.82, 2.24) is 0 Å². The van der Waals surface area contributed by atoms with Crippen molar-refractivity contribution in [2.45, 2.75) is 25.4 Å². The van der Waals surface area contributed by atoms with Gasteiger partial charge in [-0.2, -0.15) is 0 Å². The van der Waals surface area contributed by atoms with E-state index < -0.39 is 18.0 Å². The Morgan fingerprint density at radius 3 is 2.44 bits per heavy atom. The van der Waals surface area contributed by atoms with Crippen LogP contribution in [0.15, 0.2) is 18.2 Å². The molecule has 2 unspecified atom stereocenters. The summed E-state index contributed by atoms with van der Waals surface area (Å²) in [7, 11) is 0. The number of hydrogen-bond acceptors (Lipinski definition) is 2. The van der Waals surface area contributed by atoms with Crippen LogP contribution in [0.3, 0.4) is 0 Å². The van der Waals surface area contributed by atoms with Crippen LogP contribution in [0.2, 0.25) is 10.0 Å². The zero-order valence-electron chi connectivity index (χ0n) is 8.65. The van der Waals surface area contributed by atoms with Crippen molar-refractivity contribution in [2.24, 2.45) is 0 Å². The lowest BCUT2D eigenvalue weighted by molar-refractivity contribution is -0.147. The third-order valence-electron chi connectivity index (χ3n) is 2.45. The van der Waals surface area contributed by atoms with Crippen molar-refractivity contribution in [1.29, 1.82) is 0 Å². The summed E-state index contributed by atoms with van der Waals surface area (Å²) in [6.45, 7) is 1.80. The first-order valence-electron chi connectivity index (χ1n) is 4.83. The zero-order chi connectivity index (χ0) is 12.3. The number of halogens is 2. The lowest BCUT2D eigenvalue weighted by atomic mass is 9.91. The Morgan fingerprint density at radius 2 is 2.00 bits per heavy atom. The van der Waals surface area contributed by atoms with E-state index in [1.165, 1.54) is 0 Å². The maximum atomic E-state index is 10.7. The van der Waals surface area contributed by atoms with Crippen molar-refractivity contribution in [3.05, 3.63) is 33.8 Å². The van der Waals surface area contributed by atoms with E-state index in [4.69, 9.17) is 28.3 Å². The molecule has 0 radical (unpaired) electrons. The molecular weight excluding hydrogens is 251 g/mol. The molecule has 16 heavy (non-hydrogen) atoms. The fourth-order valence-electron chi connectivity index (χ4n) is 1.56. The van der Waals surface area contributed by atoms with Gasteiger partial charge in [0.25, 0.3) is 0 Å². The molecule has 0 bridgehead atoms. The van der Waals surface area contributed by atoms with Gasteiger partial charge in [-0.15, -0.1) is 0 Å². The number of aliphatic hydroxyl groups is 1. The number of carboxylic acids is 1. The lowest BCUT2D eigenvalue weighted by Crippen LogP contribution is -2.27. The van der Waals surface area contributed by atoms with Crippen molar-refractivity contribution in [3.8, 4) is 0 Å². The topological polar surface area (TPSA) is 57.5 Å². The van der Waals surface area contributed by atoms with E-state index in [0.717, 1.165) is 0 Å². The molecule has 2 atom stereocenters. The Balaban J connectivity index is 3.04. The lowest BCUT2D eigenvalue weighted by Gasteiger charge is -2.18. The van der Waals surface area contributed by atoms with Gasteiger partial charge < -0.3 is 10.2 Å². The van der Waals surface area contributed by atoms with Gasteiger partial charge >= 0.3 is 5.97 Å². The van der Waals surface area contributed by atoms with E-state index in [1.54, 1.807) is 25.1 Å². The highest BCUT2D eigenvalue weighted by Gasteiger charge is 2.25. The van der Waals surface area contributed by atoms with Gasteiger partial charge in [-0.3, -0.25) is 0 Å². The summed E-state index contributed by atoms with van der Waals surface area (Å²) < 4.78 is 0. The average molecular weight is 263 g/mol. The van der Waals surface area contributed by atoms with E-state index in [2.05, 4.69) is 0 Å². The minimum atomic E-state index is -1.43. The van der Waals surface area contributed by atoms with Gasteiger partial charge in [-0.05, 0) is 24.1 Å². The number of benzene rings is 1. The first-order valence-corrected chi connectivity index (χ1v) is 5.58. The summed E-state index contributed by atoms with van der Waals surface area (Å²) in [5.74, 6) is -1.72. The fourth-order valence-corrected chi connectivity index (χ4v) is 1.86. The fraction of sp³-hybridized carbons (Fsp3) is 0.364. The monoisotopic (exact) mass is 262 g/mol. The molecule has 0 spiro atoms. The number of carbonyl (C=O) groups is 1. The van der Waals surface area contributed by atoms with Gasteiger partial charge in [-0.25, -0.2) is 4.79 Å². The van der Waals surface area contributed by atoms with Gasteiger partial charge in [0.05, 0.1) is 10.0 Å². The molecule has 2 N–H and O–H groups in total. The third-order valence-corrected chi connectivity index (χ3v) is 3.18. The first kappa shape index (κ1) is 13.3. The highest BCUT2D eigenvalue weighted by Crippen LogP contribution is 2.29. The summed E-state index contributed by atoms with van der Waals surface area (Å²) in [4.78, 5) is 10.7. The molecule has 88 valence electrons. The van der Waals surface area contributed by atoms with Crippen LogP contribution in [0, 0.1) is 0 Å². The third kappa shape index (κ3) is 2.88. The van der Waals surface area contributed by atoms with Crippen LogP contribution in [0.25, 0.3) is 0 Å². The molecule has 0 amide bonds. The van der Waals surface area contributed by atoms with Crippen LogP contribution >= 0.6 is 23.2 Å². The van der Waals surface area contributed by atoms with E-state index in [-0.39, 0.29) is 0 Å². The molecule has 1 aromatic rings. The molecule has 3 nitrogen and oxygen atoms in total. The first-order chi connectivity index (χ1) is 7.47. The maximum absolute atomic E-state index is 10.7. The van der Waals surface area contributed by atoms with Crippen LogP contribution in [0.5, 0.6) is 0 Å². The van der Waals surface area contributed by atoms with Crippen LogP contribution in [0.4, 0.5) is 0 Å². The highest BCUT2D eigenvalue weighted by atomic mass is 35.5. The molecule has 0 saturated heterocycles. The standard InChI is InChI=1S/C11H12Cl2O3/c1-2-7(10(14)11(15)16)6-3-4-8(12)9(13)5-6/h3-5,7,10,14H,2H2,1H3,(H,15,16). The molecule has 0 heterocycles. The normalized spacial score (nSPS) is 14.5. The Morgan fingerprint density at radius 1 is 1.38 bits per heavy atom. The predicted octanol–water partition coefficient (Wildman–Crippen LogP) is 2.93. The second kappa shape index (κ2) is 5.53. The van der Waals surface area contributed by atoms with Crippen molar-refractivity contribution in [2.75, 3.05) is 0 Å². The molecule has 0 aliphatic heterocycles. The van der Waals surface area contributed by atoms with Crippen LogP contribution in [-0.2, 0) is 4.79 Å². The van der Waals surface area contributed by atoms with E-state index in [1.807, 2.05) is 0 Å². The molecule has 0 aromatic heterocycles. The Kier molecular flexibility index (Phi) is 4.59. The maximum Gasteiger partial charge on any atom is 0.333 e. The van der Waals surface area contributed by atoms with Gasteiger partial charge in [0.1, 0.15) is 0 Å². The van der Waals surface area contributed by atoms with Crippen LogP contribution < -0.4 is 0 Å². The van der Waals surface area contributed by atoms with Gasteiger partial charge in [0, 0.05) is 5.92 Å². The van der Waals surface area contributed by atoms with Gasteiger partial charge in [0.2, 0.25) is 0 Å². The minimum absolute atomic E-state index is 0.357.